The fourth-order valence-electron chi connectivity index (χ4n) is 2.74. The van der Waals surface area contributed by atoms with E-state index in [1.54, 1.807) is 48.9 Å². The normalized spacial score (nSPS) is 10.7. The second kappa shape index (κ2) is 9.27. The first-order valence-electron chi connectivity index (χ1n) is 9.19. The molecule has 1 amide bonds. The van der Waals surface area contributed by atoms with Crippen LogP contribution >= 0.6 is 11.6 Å². The number of aromatic nitrogens is 5. The lowest BCUT2D eigenvalue weighted by Gasteiger charge is -2.08. The second-order valence-corrected chi connectivity index (χ2v) is 6.94. The average molecular weight is 455 g/mol. The Hall–Kier alpha value is -4.25. The van der Waals surface area contributed by atoms with E-state index in [2.05, 4.69) is 25.8 Å². The van der Waals surface area contributed by atoms with Gasteiger partial charge in [0.1, 0.15) is 24.6 Å². The van der Waals surface area contributed by atoms with E-state index < -0.39 is 5.97 Å². The molecule has 0 aliphatic carbocycles. The van der Waals surface area contributed by atoms with Crippen molar-refractivity contribution in [2.75, 3.05) is 5.32 Å². The first-order chi connectivity index (χ1) is 15.5. The number of halogens is 1. The summed E-state index contributed by atoms with van der Waals surface area (Å²) in [5.74, 6) is -0.911. The third-order valence-electron chi connectivity index (χ3n) is 4.17. The van der Waals surface area contributed by atoms with Crippen LogP contribution in [0.2, 0.25) is 5.02 Å². The van der Waals surface area contributed by atoms with E-state index in [1.165, 1.54) is 10.7 Å². The van der Waals surface area contributed by atoms with Crippen LogP contribution in [0.4, 0.5) is 5.69 Å². The van der Waals surface area contributed by atoms with Gasteiger partial charge >= 0.3 is 5.97 Å². The molecular weight excluding hydrogens is 440 g/mol. The van der Waals surface area contributed by atoms with E-state index in [0.717, 1.165) is 0 Å². The molecule has 0 saturated heterocycles. The third kappa shape index (κ3) is 5.08. The number of amides is 1. The molecule has 12 heteroatoms. The van der Waals surface area contributed by atoms with Crippen molar-refractivity contribution in [3.63, 3.8) is 0 Å². The number of hydrogen-bond donors (Lipinski definition) is 2. The Labute approximate surface area is 185 Å². The zero-order chi connectivity index (χ0) is 22.5. The molecule has 0 spiro atoms. The lowest BCUT2D eigenvalue weighted by Crippen LogP contribution is -2.19. The zero-order valence-electron chi connectivity index (χ0n) is 16.3. The van der Waals surface area contributed by atoms with Gasteiger partial charge in [-0.25, -0.2) is 9.48 Å². The van der Waals surface area contributed by atoms with Crippen LogP contribution in [-0.2, 0) is 17.9 Å². The Morgan fingerprint density at radius 3 is 2.75 bits per heavy atom. The van der Waals surface area contributed by atoms with Crippen molar-refractivity contribution in [1.29, 1.82) is 0 Å². The minimum atomic E-state index is -1.21. The topological polar surface area (TPSA) is 145 Å². The van der Waals surface area contributed by atoms with Gasteiger partial charge in [0.25, 0.3) is 0 Å². The monoisotopic (exact) mass is 454 g/mol. The van der Waals surface area contributed by atoms with Crippen LogP contribution in [0.5, 0.6) is 5.75 Å². The van der Waals surface area contributed by atoms with E-state index in [9.17, 15) is 9.59 Å². The number of nitrogens with zero attached hydrogens (tertiary/aromatic N) is 5. The highest BCUT2D eigenvalue weighted by molar-refractivity contribution is 6.30. The number of carbonyl (C=O) groups is 2. The number of benzene rings is 1. The van der Waals surface area contributed by atoms with Crippen LogP contribution in [0.1, 0.15) is 16.2 Å². The van der Waals surface area contributed by atoms with Gasteiger partial charge in [-0.05, 0) is 30.3 Å². The maximum absolute atomic E-state index is 12.1. The van der Waals surface area contributed by atoms with E-state index in [0.29, 0.717) is 27.7 Å². The Bertz CT molecular complexity index is 1260. The number of anilines is 1. The molecule has 3 heterocycles. The molecular formula is C20H15ClN6O5. The molecule has 11 nitrogen and oxygen atoms in total. The average Bonchev–Trinajstić information content (AvgIpc) is 3.43. The SMILES string of the molecule is O=C(Cn1cc(COc2ccc(Cl)cc2-c2cc(C(=O)O)no2)nn1)Nc1ccncc1. The summed E-state index contributed by atoms with van der Waals surface area (Å²) < 4.78 is 12.3. The molecule has 3 aromatic heterocycles. The van der Waals surface area contributed by atoms with Crippen molar-refractivity contribution in [1.82, 2.24) is 25.1 Å². The summed E-state index contributed by atoms with van der Waals surface area (Å²) in [6, 6.07) is 9.44. The van der Waals surface area contributed by atoms with Crippen LogP contribution in [0.25, 0.3) is 11.3 Å². The van der Waals surface area contributed by atoms with E-state index in [4.69, 9.17) is 26.0 Å². The first kappa shape index (κ1) is 21.0. The van der Waals surface area contributed by atoms with Gasteiger partial charge in [0.15, 0.2) is 11.5 Å². The molecule has 2 N–H and O–H groups in total. The molecule has 0 aliphatic heterocycles. The van der Waals surface area contributed by atoms with Gasteiger partial charge in [0.2, 0.25) is 5.91 Å². The fourth-order valence-corrected chi connectivity index (χ4v) is 2.91. The summed E-state index contributed by atoms with van der Waals surface area (Å²) >= 11 is 6.06. The van der Waals surface area contributed by atoms with Crippen LogP contribution < -0.4 is 10.1 Å². The molecule has 4 aromatic rings. The number of rotatable bonds is 8. The van der Waals surface area contributed by atoms with E-state index in [1.807, 2.05) is 0 Å². The summed E-state index contributed by atoms with van der Waals surface area (Å²) in [5.41, 5.74) is 1.30. The molecule has 1 aromatic carbocycles. The third-order valence-corrected chi connectivity index (χ3v) is 4.40. The minimum absolute atomic E-state index is 0.0302. The summed E-state index contributed by atoms with van der Waals surface area (Å²) in [6.45, 7) is 0.0120. The number of carbonyl (C=O) groups excluding carboxylic acids is 1. The van der Waals surface area contributed by atoms with Gasteiger partial charge in [-0.2, -0.15) is 0 Å². The van der Waals surface area contributed by atoms with Crippen molar-refractivity contribution >= 4 is 29.2 Å². The molecule has 0 saturated carbocycles. The van der Waals surface area contributed by atoms with Crippen molar-refractivity contribution in [3.05, 3.63) is 71.4 Å². The van der Waals surface area contributed by atoms with Gasteiger partial charge in [-0.1, -0.05) is 22.0 Å². The summed E-state index contributed by atoms with van der Waals surface area (Å²) in [5, 5.41) is 23.6. The largest absolute Gasteiger partial charge is 0.486 e. The van der Waals surface area contributed by atoms with Crippen LogP contribution in [0.3, 0.4) is 0 Å². The molecule has 32 heavy (non-hydrogen) atoms. The Balaban J connectivity index is 1.41. The molecule has 0 atom stereocenters. The summed E-state index contributed by atoms with van der Waals surface area (Å²) in [7, 11) is 0. The van der Waals surface area contributed by atoms with E-state index in [-0.39, 0.29) is 30.5 Å². The molecule has 4 rings (SSSR count). The summed E-state index contributed by atoms with van der Waals surface area (Å²) in [4.78, 5) is 27.1. The molecule has 162 valence electrons. The van der Waals surface area contributed by atoms with Crippen LogP contribution in [0.15, 0.2) is 59.5 Å². The lowest BCUT2D eigenvalue weighted by atomic mass is 10.1. The molecule has 0 bridgehead atoms. The Kier molecular flexibility index (Phi) is 6.08. The smallest absolute Gasteiger partial charge is 0.358 e. The van der Waals surface area contributed by atoms with Crippen LogP contribution in [0, 0.1) is 0 Å². The maximum atomic E-state index is 12.1. The first-order valence-corrected chi connectivity index (χ1v) is 9.57. The fraction of sp³-hybridized carbons (Fsp3) is 0.100. The second-order valence-electron chi connectivity index (χ2n) is 6.50. The van der Waals surface area contributed by atoms with Crippen molar-refractivity contribution < 1.29 is 24.0 Å². The van der Waals surface area contributed by atoms with E-state index >= 15 is 0 Å². The molecule has 0 aliphatic rings. The van der Waals surface area contributed by atoms with Crippen molar-refractivity contribution in [2.45, 2.75) is 13.2 Å². The lowest BCUT2D eigenvalue weighted by molar-refractivity contribution is -0.116. The molecule has 0 radical (unpaired) electrons. The number of pyridine rings is 1. The number of hydrogen-bond acceptors (Lipinski definition) is 8. The highest BCUT2D eigenvalue weighted by Crippen LogP contribution is 2.33. The zero-order valence-corrected chi connectivity index (χ0v) is 17.1. The number of ether oxygens (including phenoxy) is 1. The minimum Gasteiger partial charge on any atom is -0.486 e. The highest BCUT2D eigenvalue weighted by atomic mass is 35.5. The van der Waals surface area contributed by atoms with Crippen molar-refractivity contribution in [3.8, 4) is 17.1 Å². The predicted molar refractivity (Wildman–Crippen MR) is 111 cm³/mol. The number of nitrogens with one attached hydrogen (secondary N) is 1. The standard InChI is InChI=1S/C20H15ClN6O5/c21-12-1-2-17(15(7-12)18-8-16(20(29)30)25-32-18)31-11-14-9-27(26-24-14)10-19(28)23-13-3-5-22-6-4-13/h1-9H,10-11H2,(H,29,30)(H,22,23,28). The maximum Gasteiger partial charge on any atom is 0.358 e. The Morgan fingerprint density at radius 1 is 1.19 bits per heavy atom. The van der Waals surface area contributed by atoms with Crippen LogP contribution in [-0.4, -0.2) is 42.1 Å². The highest BCUT2D eigenvalue weighted by Gasteiger charge is 2.17. The van der Waals surface area contributed by atoms with Gasteiger partial charge in [-0.15, -0.1) is 5.10 Å². The van der Waals surface area contributed by atoms with Gasteiger partial charge in [0.05, 0.1) is 11.8 Å². The number of carboxylic acids is 1. The number of carboxylic acid groups (broad SMARTS) is 1. The van der Waals surface area contributed by atoms with Crippen molar-refractivity contribution in [2.24, 2.45) is 0 Å². The summed E-state index contributed by atoms with van der Waals surface area (Å²) in [6.07, 6.45) is 4.73. The Morgan fingerprint density at radius 2 is 2.00 bits per heavy atom. The molecule has 0 unspecified atom stereocenters. The predicted octanol–water partition coefficient (Wildman–Crippen LogP) is 2.90. The number of aromatic carboxylic acids is 1. The molecule has 0 fully saturated rings. The quantitative estimate of drug-likeness (QED) is 0.410. The van der Waals surface area contributed by atoms with Gasteiger partial charge < -0.3 is 19.7 Å². The van der Waals surface area contributed by atoms with Gasteiger partial charge in [-0.3, -0.25) is 9.78 Å². The van der Waals surface area contributed by atoms with Gasteiger partial charge in [0, 0.05) is 29.2 Å².